The number of hydrogen-bond donors (Lipinski definition) is 2. The quantitative estimate of drug-likeness (QED) is 0.649. The summed E-state index contributed by atoms with van der Waals surface area (Å²) in [5, 5.41) is 0. The van der Waals surface area contributed by atoms with Gasteiger partial charge in [-0.2, -0.15) is 0 Å². The Morgan fingerprint density at radius 1 is 1.33 bits per heavy atom. The maximum Gasteiger partial charge on any atom is 0.0468 e. The molecule has 0 aliphatic carbocycles. The minimum atomic E-state index is 0.340. The minimum absolute atomic E-state index is 0.340. The van der Waals surface area contributed by atoms with Crippen LogP contribution in [-0.4, -0.2) is 19.3 Å². The van der Waals surface area contributed by atoms with Gasteiger partial charge in [-0.3, -0.25) is 11.3 Å². The van der Waals surface area contributed by atoms with E-state index in [1.807, 2.05) is 6.07 Å². The maximum absolute atomic E-state index is 5.69. The molecular weight excluding hydrogens is 292 g/mol. The van der Waals surface area contributed by atoms with Gasteiger partial charge in [0.05, 0.1) is 0 Å². The van der Waals surface area contributed by atoms with Gasteiger partial charge in [0.15, 0.2) is 0 Å². The molecule has 100 valence electrons. The first-order valence-corrected chi connectivity index (χ1v) is 7.36. The Labute approximate surface area is 117 Å². The van der Waals surface area contributed by atoms with Crippen LogP contribution in [0.3, 0.4) is 0 Å². The monoisotopic (exact) mass is 312 g/mol. The van der Waals surface area contributed by atoms with Gasteiger partial charge in [0.2, 0.25) is 0 Å². The summed E-state index contributed by atoms with van der Waals surface area (Å²) in [7, 11) is 0. The van der Waals surface area contributed by atoms with Crippen molar-refractivity contribution in [2.45, 2.75) is 31.7 Å². The normalized spacial score (nSPS) is 18.8. The molecule has 1 saturated heterocycles. The van der Waals surface area contributed by atoms with E-state index in [1.54, 1.807) is 0 Å². The Kier molecular flexibility index (Phi) is 5.63. The van der Waals surface area contributed by atoms with E-state index in [-0.39, 0.29) is 0 Å². The highest BCUT2D eigenvalue weighted by Crippen LogP contribution is 2.23. The number of ether oxygens (including phenoxy) is 1. The molecule has 0 spiro atoms. The summed E-state index contributed by atoms with van der Waals surface area (Å²) in [4.78, 5) is 0. The van der Waals surface area contributed by atoms with Crippen molar-refractivity contribution in [1.29, 1.82) is 0 Å². The van der Waals surface area contributed by atoms with Crippen molar-refractivity contribution < 1.29 is 4.74 Å². The lowest BCUT2D eigenvalue weighted by Crippen LogP contribution is -2.39. The zero-order chi connectivity index (χ0) is 12.8. The van der Waals surface area contributed by atoms with Gasteiger partial charge in [0.25, 0.3) is 0 Å². The molecule has 3 nitrogen and oxygen atoms in total. The highest BCUT2D eigenvalue weighted by molar-refractivity contribution is 9.10. The Bertz CT molecular complexity index is 367. The van der Waals surface area contributed by atoms with E-state index < -0.39 is 0 Å². The smallest absolute Gasteiger partial charge is 0.0468 e. The van der Waals surface area contributed by atoms with Crippen LogP contribution in [0.25, 0.3) is 0 Å². The average Bonchev–Trinajstić information content (AvgIpc) is 2.41. The van der Waals surface area contributed by atoms with Gasteiger partial charge < -0.3 is 4.74 Å². The van der Waals surface area contributed by atoms with Crippen LogP contribution in [0, 0.1) is 5.92 Å². The first-order chi connectivity index (χ1) is 8.79. The van der Waals surface area contributed by atoms with E-state index in [4.69, 9.17) is 10.6 Å². The molecule has 3 N–H and O–H groups in total. The standard InChI is InChI=1S/C14H21BrN2O/c15-14-4-2-1-3-12(14)10-13(17-16)9-11-5-7-18-8-6-11/h1-4,11,13,17H,5-10,16H2. The second-order valence-electron chi connectivity index (χ2n) is 4.95. The third-order valence-corrected chi connectivity index (χ3v) is 4.39. The Morgan fingerprint density at radius 2 is 2.06 bits per heavy atom. The molecule has 1 heterocycles. The lowest BCUT2D eigenvalue weighted by molar-refractivity contribution is 0.0605. The third-order valence-electron chi connectivity index (χ3n) is 3.62. The van der Waals surface area contributed by atoms with Crippen molar-refractivity contribution >= 4 is 15.9 Å². The summed E-state index contributed by atoms with van der Waals surface area (Å²) >= 11 is 3.59. The molecule has 18 heavy (non-hydrogen) atoms. The van der Waals surface area contributed by atoms with Gasteiger partial charge in [-0.15, -0.1) is 0 Å². The van der Waals surface area contributed by atoms with Crippen LogP contribution in [0.4, 0.5) is 0 Å². The fourth-order valence-corrected chi connectivity index (χ4v) is 2.97. The van der Waals surface area contributed by atoms with E-state index in [1.165, 1.54) is 5.56 Å². The molecule has 0 amide bonds. The van der Waals surface area contributed by atoms with Crippen molar-refractivity contribution in [3.8, 4) is 0 Å². The summed E-state index contributed by atoms with van der Waals surface area (Å²) in [6, 6.07) is 8.68. The van der Waals surface area contributed by atoms with E-state index in [0.29, 0.717) is 6.04 Å². The molecule has 0 aromatic heterocycles. The zero-order valence-electron chi connectivity index (χ0n) is 10.6. The predicted molar refractivity (Wildman–Crippen MR) is 77.1 cm³/mol. The Balaban J connectivity index is 1.90. The van der Waals surface area contributed by atoms with Crippen molar-refractivity contribution in [2.75, 3.05) is 13.2 Å². The predicted octanol–water partition coefficient (Wildman–Crippen LogP) is 2.64. The second-order valence-corrected chi connectivity index (χ2v) is 5.80. The topological polar surface area (TPSA) is 47.3 Å². The van der Waals surface area contributed by atoms with Crippen LogP contribution in [0.1, 0.15) is 24.8 Å². The number of hydrazine groups is 1. The largest absolute Gasteiger partial charge is 0.381 e. The SMILES string of the molecule is NNC(Cc1ccccc1Br)CC1CCOCC1. The molecule has 0 bridgehead atoms. The van der Waals surface area contributed by atoms with E-state index in [2.05, 4.69) is 39.6 Å². The number of hydrogen-bond acceptors (Lipinski definition) is 3. The number of nitrogens with two attached hydrogens (primary N) is 1. The zero-order valence-corrected chi connectivity index (χ0v) is 12.2. The Morgan fingerprint density at radius 3 is 2.72 bits per heavy atom. The molecule has 0 saturated carbocycles. The van der Waals surface area contributed by atoms with E-state index >= 15 is 0 Å². The maximum atomic E-state index is 5.69. The van der Waals surface area contributed by atoms with Crippen LogP contribution in [0.2, 0.25) is 0 Å². The first kappa shape index (κ1) is 14.0. The molecule has 2 rings (SSSR count). The fourth-order valence-electron chi connectivity index (χ4n) is 2.52. The molecular formula is C14H21BrN2O. The van der Waals surface area contributed by atoms with Gasteiger partial charge >= 0.3 is 0 Å². The number of benzene rings is 1. The molecule has 1 unspecified atom stereocenters. The molecule has 4 heteroatoms. The van der Waals surface area contributed by atoms with E-state index in [0.717, 1.165) is 49.3 Å². The molecule has 1 aromatic rings. The molecule has 1 aliphatic heterocycles. The second kappa shape index (κ2) is 7.24. The number of rotatable bonds is 5. The van der Waals surface area contributed by atoms with E-state index in [9.17, 15) is 0 Å². The summed E-state index contributed by atoms with van der Waals surface area (Å²) in [5.74, 6) is 6.43. The molecule has 1 atom stereocenters. The van der Waals surface area contributed by atoms with Gasteiger partial charge in [0.1, 0.15) is 0 Å². The summed E-state index contributed by atoms with van der Waals surface area (Å²) < 4.78 is 6.56. The van der Waals surface area contributed by atoms with Crippen molar-refractivity contribution in [1.82, 2.24) is 5.43 Å². The van der Waals surface area contributed by atoms with Crippen molar-refractivity contribution in [2.24, 2.45) is 11.8 Å². The summed E-state index contributed by atoms with van der Waals surface area (Å²) in [6.07, 6.45) is 4.42. The molecule has 1 aromatic carbocycles. The molecule has 1 aliphatic rings. The Hall–Kier alpha value is -0.420. The fraction of sp³-hybridized carbons (Fsp3) is 0.571. The van der Waals surface area contributed by atoms with Crippen LogP contribution in [0.5, 0.6) is 0 Å². The summed E-state index contributed by atoms with van der Waals surface area (Å²) in [5.41, 5.74) is 4.28. The molecule has 1 fully saturated rings. The number of halogens is 1. The van der Waals surface area contributed by atoms with Gasteiger partial charge in [-0.05, 0) is 43.2 Å². The number of nitrogens with one attached hydrogen (secondary N) is 1. The van der Waals surface area contributed by atoms with Crippen LogP contribution < -0.4 is 11.3 Å². The molecule has 0 radical (unpaired) electrons. The van der Waals surface area contributed by atoms with Gasteiger partial charge in [0, 0.05) is 23.7 Å². The lowest BCUT2D eigenvalue weighted by Gasteiger charge is -2.26. The first-order valence-electron chi connectivity index (χ1n) is 6.57. The lowest BCUT2D eigenvalue weighted by atomic mass is 9.90. The average molecular weight is 313 g/mol. The highest BCUT2D eigenvalue weighted by Gasteiger charge is 2.19. The minimum Gasteiger partial charge on any atom is -0.381 e. The summed E-state index contributed by atoms with van der Waals surface area (Å²) in [6.45, 7) is 1.80. The van der Waals surface area contributed by atoms with Crippen LogP contribution in [-0.2, 0) is 11.2 Å². The highest BCUT2D eigenvalue weighted by atomic mass is 79.9. The van der Waals surface area contributed by atoms with Crippen molar-refractivity contribution in [3.63, 3.8) is 0 Å². The van der Waals surface area contributed by atoms with Crippen LogP contribution in [0.15, 0.2) is 28.7 Å². The van der Waals surface area contributed by atoms with Gasteiger partial charge in [-0.25, -0.2) is 0 Å². The van der Waals surface area contributed by atoms with Gasteiger partial charge in [-0.1, -0.05) is 34.1 Å². The van der Waals surface area contributed by atoms with Crippen molar-refractivity contribution in [3.05, 3.63) is 34.3 Å². The third kappa shape index (κ3) is 4.05. The van der Waals surface area contributed by atoms with Crippen LogP contribution >= 0.6 is 15.9 Å².